The van der Waals surface area contributed by atoms with Crippen molar-refractivity contribution in [3.05, 3.63) is 0 Å². The van der Waals surface area contributed by atoms with Crippen LogP contribution in [0.5, 0.6) is 0 Å². The molecule has 1 unspecified atom stereocenters. The Bertz CT molecular complexity index is 373. The number of ether oxygens (including phenoxy) is 1. The number of rotatable bonds is 3. The highest BCUT2D eigenvalue weighted by molar-refractivity contribution is 5.82. The van der Waals surface area contributed by atoms with Crippen molar-refractivity contribution in [2.75, 3.05) is 6.61 Å². The van der Waals surface area contributed by atoms with Gasteiger partial charge in [0.15, 0.2) is 0 Å². The molecule has 1 aliphatic rings. The van der Waals surface area contributed by atoms with E-state index in [-0.39, 0.29) is 11.4 Å². The fourth-order valence-electron chi connectivity index (χ4n) is 3.42. The second-order valence-electron chi connectivity index (χ2n) is 7.60. The number of Topliss-reactive ketones (excluding diaryl/α,β-unsaturated/α-hetero) is 1. The van der Waals surface area contributed by atoms with Crippen molar-refractivity contribution in [3.63, 3.8) is 0 Å². The van der Waals surface area contributed by atoms with Crippen LogP contribution in [0, 0.1) is 10.8 Å². The summed E-state index contributed by atoms with van der Waals surface area (Å²) in [6.07, 6.45) is 10.3. The molecule has 0 radical (unpaired) electrons. The molecule has 0 aliphatic heterocycles. The molecule has 1 fully saturated rings. The lowest BCUT2D eigenvalue weighted by Gasteiger charge is -2.42. The van der Waals surface area contributed by atoms with E-state index in [4.69, 9.17) is 4.74 Å². The molecule has 0 aromatic heterocycles. The molecule has 0 saturated heterocycles. The van der Waals surface area contributed by atoms with Crippen molar-refractivity contribution in [1.82, 2.24) is 0 Å². The van der Waals surface area contributed by atoms with Crippen LogP contribution >= 0.6 is 0 Å². The first-order valence-electron chi connectivity index (χ1n) is 9.02. The summed E-state index contributed by atoms with van der Waals surface area (Å²) in [6.45, 7) is 8.23. The molecule has 1 rings (SSSR count). The zero-order valence-electron chi connectivity index (χ0n) is 15.0. The molecule has 0 aromatic rings. The van der Waals surface area contributed by atoms with Crippen LogP contribution in [0.25, 0.3) is 0 Å². The quantitative estimate of drug-likeness (QED) is 0.684. The number of esters is 1. The highest BCUT2D eigenvalue weighted by Crippen LogP contribution is 2.47. The highest BCUT2D eigenvalue weighted by atomic mass is 16.5. The summed E-state index contributed by atoms with van der Waals surface area (Å²) < 4.78 is 5.28. The van der Waals surface area contributed by atoms with Crippen molar-refractivity contribution in [2.45, 2.75) is 91.9 Å². The van der Waals surface area contributed by atoms with Gasteiger partial charge in [0.1, 0.15) is 5.78 Å². The Hall–Kier alpha value is -0.860. The maximum atomic E-state index is 12.4. The largest absolute Gasteiger partial charge is 0.466 e. The third-order valence-electron chi connectivity index (χ3n) is 5.57. The number of carbonyl (C=O) groups excluding carboxylic acids is 2. The fraction of sp³-hybridized carbons (Fsp3) is 0.895. The van der Waals surface area contributed by atoms with E-state index in [2.05, 4.69) is 6.92 Å². The second-order valence-corrected chi connectivity index (χ2v) is 7.60. The van der Waals surface area contributed by atoms with Crippen molar-refractivity contribution < 1.29 is 14.3 Å². The van der Waals surface area contributed by atoms with E-state index in [0.717, 1.165) is 25.7 Å². The maximum absolute atomic E-state index is 12.4. The average molecular weight is 310 g/mol. The smallest absolute Gasteiger partial charge is 0.312 e. The van der Waals surface area contributed by atoms with Gasteiger partial charge >= 0.3 is 5.97 Å². The fourth-order valence-corrected chi connectivity index (χ4v) is 3.42. The standard InChI is InChI=1S/C19H34O3/c1-5-22-17(21)18(2,3)19(4)14-12-10-8-6-7-9-11-13-16(20)15-19/h5-15H2,1-4H3. The summed E-state index contributed by atoms with van der Waals surface area (Å²) in [6, 6.07) is 0. The van der Waals surface area contributed by atoms with E-state index >= 15 is 0 Å². The first-order chi connectivity index (χ1) is 10.3. The van der Waals surface area contributed by atoms with Crippen LogP contribution in [0.2, 0.25) is 0 Å². The minimum atomic E-state index is -0.622. The Kier molecular flexibility index (Phi) is 7.58. The summed E-state index contributed by atoms with van der Waals surface area (Å²) in [5.41, 5.74) is -0.932. The molecule has 0 aromatic carbocycles. The molecule has 128 valence electrons. The van der Waals surface area contributed by atoms with E-state index in [0.29, 0.717) is 25.2 Å². The molecular formula is C19H34O3. The predicted octanol–water partition coefficient (Wildman–Crippen LogP) is 5.07. The molecule has 1 saturated carbocycles. The van der Waals surface area contributed by atoms with Gasteiger partial charge in [0.2, 0.25) is 0 Å². The van der Waals surface area contributed by atoms with Gasteiger partial charge in [0.05, 0.1) is 12.0 Å². The summed E-state index contributed by atoms with van der Waals surface area (Å²) in [4.78, 5) is 24.8. The van der Waals surface area contributed by atoms with Crippen molar-refractivity contribution in [1.29, 1.82) is 0 Å². The van der Waals surface area contributed by atoms with E-state index in [1.807, 2.05) is 20.8 Å². The summed E-state index contributed by atoms with van der Waals surface area (Å²) in [5.74, 6) is 0.137. The lowest BCUT2D eigenvalue weighted by Crippen LogP contribution is -2.44. The van der Waals surface area contributed by atoms with E-state index in [1.54, 1.807) is 0 Å². The monoisotopic (exact) mass is 310 g/mol. The topological polar surface area (TPSA) is 43.4 Å². The van der Waals surface area contributed by atoms with Gasteiger partial charge in [0, 0.05) is 12.8 Å². The normalized spacial score (nSPS) is 25.9. The summed E-state index contributed by atoms with van der Waals surface area (Å²) >= 11 is 0. The van der Waals surface area contributed by atoms with Crippen LogP contribution < -0.4 is 0 Å². The zero-order chi connectivity index (χ0) is 16.6. The second kappa shape index (κ2) is 8.69. The van der Waals surface area contributed by atoms with Crippen LogP contribution in [0.4, 0.5) is 0 Å². The maximum Gasteiger partial charge on any atom is 0.312 e. The van der Waals surface area contributed by atoms with Gasteiger partial charge in [-0.15, -0.1) is 0 Å². The minimum absolute atomic E-state index is 0.169. The van der Waals surface area contributed by atoms with Crippen molar-refractivity contribution in [2.24, 2.45) is 10.8 Å². The number of carbonyl (C=O) groups is 2. The Morgan fingerprint density at radius 3 is 2.23 bits per heavy atom. The molecule has 0 N–H and O–H groups in total. The Balaban J connectivity index is 2.89. The first-order valence-corrected chi connectivity index (χ1v) is 9.02. The van der Waals surface area contributed by atoms with Crippen molar-refractivity contribution >= 4 is 11.8 Å². The van der Waals surface area contributed by atoms with Gasteiger partial charge in [-0.05, 0) is 39.0 Å². The molecule has 3 nitrogen and oxygen atoms in total. The Labute approximate surface area is 136 Å². The van der Waals surface area contributed by atoms with Gasteiger partial charge in [-0.2, -0.15) is 0 Å². The summed E-state index contributed by atoms with van der Waals surface area (Å²) in [5, 5.41) is 0. The molecule has 0 amide bonds. The highest BCUT2D eigenvalue weighted by Gasteiger charge is 2.47. The average Bonchev–Trinajstić information content (AvgIpc) is 2.44. The van der Waals surface area contributed by atoms with Crippen LogP contribution in [0.3, 0.4) is 0 Å². The van der Waals surface area contributed by atoms with Crippen LogP contribution in [-0.4, -0.2) is 18.4 Å². The molecule has 3 heteroatoms. The SMILES string of the molecule is CCOC(=O)C(C)(C)C1(C)CCCCCCCCCC(=O)C1. The molecular weight excluding hydrogens is 276 g/mol. The molecule has 22 heavy (non-hydrogen) atoms. The van der Waals surface area contributed by atoms with Crippen molar-refractivity contribution in [3.8, 4) is 0 Å². The third-order valence-corrected chi connectivity index (χ3v) is 5.57. The summed E-state index contributed by atoms with van der Waals surface area (Å²) in [7, 11) is 0. The van der Waals surface area contributed by atoms with Gasteiger partial charge in [-0.1, -0.05) is 45.4 Å². The minimum Gasteiger partial charge on any atom is -0.466 e. The van der Waals surface area contributed by atoms with Gasteiger partial charge in [-0.3, -0.25) is 9.59 Å². The first kappa shape index (κ1) is 19.2. The lowest BCUT2D eigenvalue weighted by molar-refractivity contribution is -0.162. The van der Waals surface area contributed by atoms with Crippen LogP contribution in [-0.2, 0) is 14.3 Å². The van der Waals surface area contributed by atoms with E-state index in [1.165, 1.54) is 25.7 Å². The van der Waals surface area contributed by atoms with E-state index in [9.17, 15) is 9.59 Å². The van der Waals surface area contributed by atoms with Crippen LogP contribution in [0.1, 0.15) is 91.9 Å². The molecule has 0 spiro atoms. The van der Waals surface area contributed by atoms with Gasteiger partial charge in [-0.25, -0.2) is 0 Å². The molecule has 0 bridgehead atoms. The predicted molar refractivity (Wildman–Crippen MR) is 89.7 cm³/mol. The van der Waals surface area contributed by atoms with Gasteiger partial charge < -0.3 is 4.74 Å². The Morgan fingerprint density at radius 1 is 1.09 bits per heavy atom. The zero-order valence-corrected chi connectivity index (χ0v) is 15.0. The number of ketones is 1. The molecule has 1 aliphatic carbocycles. The number of hydrogen-bond acceptors (Lipinski definition) is 3. The van der Waals surface area contributed by atoms with E-state index < -0.39 is 5.41 Å². The lowest BCUT2D eigenvalue weighted by atomic mass is 9.61. The Morgan fingerprint density at radius 2 is 1.64 bits per heavy atom. The van der Waals surface area contributed by atoms with Crippen LogP contribution in [0.15, 0.2) is 0 Å². The third kappa shape index (κ3) is 5.10. The molecule has 0 heterocycles. The van der Waals surface area contributed by atoms with Gasteiger partial charge in [0.25, 0.3) is 0 Å². The molecule has 1 atom stereocenters. The number of hydrogen-bond donors (Lipinski definition) is 0.